The number of para-hydroxylation sites is 2. The molecule has 1 aromatic carbocycles. The number of methoxy groups -OCH3 is 1. The maximum Gasteiger partial charge on any atom is 0.177 e. The molecule has 1 N–H and O–H groups in total. The third-order valence-corrected chi connectivity index (χ3v) is 6.10. The lowest BCUT2D eigenvalue weighted by Crippen LogP contribution is -2.33. The van der Waals surface area contributed by atoms with E-state index >= 15 is 0 Å². The minimum Gasteiger partial charge on any atom is -0.486 e. The number of aromatic nitrogens is 1. The molecule has 0 spiro atoms. The zero-order valence-corrected chi connectivity index (χ0v) is 18.7. The summed E-state index contributed by atoms with van der Waals surface area (Å²) in [6.45, 7) is 8.17. The second kappa shape index (κ2) is 9.14. The van der Waals surface area contributed by atoms with Crippen molar-refractivity contribution in [2.24, 2.45) is 10.1 Å². The van der Waals surface area contributed by atoms with Crippen molar-refractivity contribution in [2.75, 3.05) is 26.1 Å². The van der Waals surface area contributed by atoms with Crippen molar-refractivity contribution in [2.45, 2.75) is 39.5 Å². The molecule has 2 aliphatic heterocycles. The number of fused-ring (bicyclic) bond motifs is 1. The van der Waals surface area contributed by atoms with Crippen molar-refractivity contribution >= 4 is 22.6 Å². The Hall–Kier alpha value is -2.45. The molecule has 0 bridgehead atoms. The highest BCUT2D eigenvalue weighted by Crippen LogP contribution is 2.31. The molecule has 0 saturated carbocycles. The molecular weight excluding hydrogens is 400 g/mol. The maximum absolute atomic E-state index is 6.15. The number of benzene rings is 1. The first-order valence-corrected chi connectivity index (χ1v) is 11.1. The Morgan fingerprint density at radius 3 is 2.87 bits per heavy atom. The van der Waals surface area contributed by atoms with Gasteiger partial charge in [-0.25, -0.2) is 0 Å². The Morgan fingerprint density at radius 1 is 1.33 bits per heavy atom. The molecule has 160 valence electrons. The average Bonchev–Trinajstić information content (AvgIpc) is 3.03. The van der Waals surface area contributed by atoms with E-state index in [0.717, 1.165) is 40.2 Å². The van der Waals surface area contributed by atoms with Crippen molar-refractivity contribution in [3.05, 3.63) is 47.3 Å². The normalized spacial score (nSPS) is 20.6. The number of amidine groups is 1. The molecule has 2 aromatic rings. The van der Waals surface area contributed by atoms with Crippen LogP contribution in [0.3, 0.4) is 0 Å². The van der Waals surface area contributed by atoms with E-state index in [0.29, 0.717) is 13.2 Å². The van der Waals surface area contributed by atoms with Gasteiger partial charge in [-0.3, -0.25) is 10.4 Å². The molecule has 0 saturated heterocycles. The number of nitrogens with one attached hydrogen (secondary N) is 1. The number of aryl methyl sites for hydroxylation is 1. The monoisotopic (exact) mass is 428 g/mol. The second-order valence-corrected chi connectivity index (χ2v) is 8.55. The fourth-order valence-electron chi connectivity index (χ4n) is 3.73. The Labute approximate surface area is 181 Å². The number of aliphatic imine (C=N–C) groups is 1. The fraction of sp³-hybridized carbons (Fsp3) is 0.455. The highest BCUT2D eigenvalue weighted by atomic mass is 32.2. The number of hydrazone groups is 1. The summed E-state index contributed by atoms with van der Waals surface area (Å²) >= 11 is 1.67. The lowest BCUT2D eigenvalue weighted by Gasteiger charge is -2.27. The largest absolute Gasteiger partial charge is 0.486 e. The summed E-state index contributed by atoms with van der Waals surface area (Å²) < 4.78 is 19.5. The molecule has 1 aromatic heterocycles. The van der Waals surface area contributed by atoms with Crippen molar-refractivity contribution in [1.29, 1.82) is 0 Å². The Kier molecular flexibility index (Phi) is 6.34. The molecule has 7 nitrogen and oxygen atoms in total. The molecular formula is C22H28N4O3S. The molecule has 0 unspecified atom stereocenters. The van der Waals surface area contributed by atoms with Crippen LogP contribution in [-0.2, 0) is 11.3 Å². The van der Waals surface area contributed by atoms with Crippen LogP contribution in [0.2, 0.25) is 0 Å². The van der Waals surface area contributed by atoms with Crippen molar-refractivity contribution in [3.8, 4) is 11.5 Å². The molecule has 4 rings (SSSR count). The topological polar surface area (TPSA) is 69.4 Å². The van der Waals surface area contributed by atoms with E-state index < -0.39 is 0 Å². The van der Waals surface area contributed by atoms with Gasteiger partial charge in [0.05, 0.1) is 24.9 Å². The lowest BCUT2D eigenvalue weighted by molar-refractivity contribution is 0.0778. The Bertz CT molecular complexity index is 969. The summed E-state index contributed by atoms with van der Waals surface area (Å²) in [7, 11) is 1.69. The first-order chi connectivity index (χ1) is 14.5. The van der Waals surface area contributed by atoms with E-state index in [1.807, 2.05) is 31.2 Å². The van der Waals surface area contributed by atoms with E-state index in [4.69, 9.17) is 14.2 Å². The number of ether oxygens (including phenoxy) is 3. The van der Waals surface area contributed by atoms with Crippen LogP contribution >= 0.6 is 11.8 Å². The van der Waals surface area contributed by atoms with Gasteiger partial charge in [-0.1, -0.05) is 23.9 Å². The van der Waals surface area contributed by atoms with Crippen molar-refractivity contribution < 1.29 is 14.2 Å². The fourth-order valence-corrected chi connectivity index (χ4v) is 4.59. The van der Waals surface area contributed by atoms with E-state index in [1.165, 1.54) is 11.4 Å². The van der Waals surface area contributed by atoms with Gasteiger partial charge in [-0.05, 0) is 39.0 Å². The summed E-state index contributed by atoms with van der Waals surface area (Å²) in [5, 5.41) is 5.43. The van der Waals surface area contributed by atoms with Gasteiger partial charge in [0.1, 0.15) is 6.61 Å². The molecule has 0 amide bonds. The van der Waals surface area contributed by atoms with Crippen LogP contribution in [0.15, 0.2) is 40.4 Å². The highest BCUT2D eigenvalue weighted by molar-refractivity contribution is 8.14. The summed E-state index contributed by atoms with van der Waals surface area (Å²) in [6.07, 6.45) is -0.0284. The SMILES string of the molecule is COC[C@H](C)N=C1NN=C(c2cc(C)n(C[C@@H]3COc4ccccc4O3)c2C)CS1. The molecule has 0 fully saturated rings. The van der Waals surface area contributed by atoms with Gasteiger partial charge < -0.3 is 18.8 Å². The van der Waals surface area contributed by atoms with Gasteiger partial charge in [0.2, 0.25) is 0 Å². The molecule has 2 aliphatic rings. The predicted octanol–water partition coefficient (Wildman–Crippen LogP) is 3.38. The van der Waals surface area contributed by atoms with E-state index in [2.05, 4.69) is 40.0 Å². The number of thioether (sulfide) groups is 1. The lowest BCUT2D eigenvalue weighted by atomic mass is 10.1. The molecule has 0 radical (unpaired) electrons. The molecule has 2 atom stereocenters. The zero-order chi connectivity index (χ0) is 21.1. The number of nitrogens with zero attached hydrogens (tertiary/aromatic N) is 3. The first-order valence-electron chi connectivity index (χ1n) is 10.1. The highest BCUT2D eigenvalue weighted by Gasteiger charge is 2.24. The van der Waals surface area contributed by atoms with Crippen LogP contribution in [0.1, 0.15) is 23.9 Å². The molecule has 3 heterocycles. The molecule has 8 heteroatoms. The van der Waals surface area contributed by atoms with Gasteiger partial charge in [-0.2, -0.15) is 5.10 Å². The third-order valence-electron chi connectivity index (χ3n) is 5.22. The second-order valence-electron chi connectivity index (χ2n) is 7.59. The van der Waals surface area contributed by atoms with Gasteiger partial charge in [-0.15, -0.1) is 0 Å². The van der Waals surface area contributed by atoms with Crippen LogP contribution in [0.25, 0.3) is 0 Å². The smallest absolute Gasteiger partial charge is 0.177 e. The number of hydrogen-bond acceptors (Lipinski definition) is 6. The molecule has 0 aliphatic carbocycles. The third kappa shape index (κ3) is 4.49. The van der Waals surface area contributed by atoms with E-state index in [-0.39, 0.29) is 12.1 Å². The van der Waals surface area contributed by atoms with Gasteiger partial charge in [0.25, 0.3) is 0 Å². The zero-order valence-electron chi connectivity index (χ0n) is 17.8. The summed E-state index contributed by atoms with van der Waals surface area (Å²) in [4.78, 5) is 4.60. The van der Waals surface area contributed by atoms with E-state index in [1.54, 1.807) is 18.9 Å². The Balaban J connectivity index is 1.46. The van der Waals surface area contributed by atoms with Crippen LogP contribution < -0.4 is 14.9 Å². The van der Waals surface area contributed by atoms with Crippen LogP contribution in [0, 0.1) is 13.8 Å². The minimum atomic E-state index is -0.0284. The maximum atomic E-state index is 6.15. The standard InChI is InChI=1S/C22H28N4O3S/c1-14(11-27-4)23-22-25-24-19(13-30-22)18-9-15(2)26(16(18)3)10-17-12-28-20-7-5-6-8-21(20)29-17/h5-9,14,17H,10-13H2,1-4H3,(H,23,25)/t14-,17+/m0/s1. The van der Waals surface area contributed by atoms with Crippen LogP contribution in [0.5, 0.6) is 11.5 Å². The van der Waals surface area contributed by atoms with E-state index in [9.17, 15) is 0 Å². The first kappa shape index (κ1) is 20.8. The summed E-state index contributed by atoms with van der Waals surface area (Å²) in [6, 6.07) is 10.1. The average molecular weight is 429 g/mol. The van der Waals surface area contributed by atoms with Crippen LogP contribution in [-0.4, -0.2) is 53.7 Å². The van der Waals surface area contributed by atoms with Crippen LogP contribution in [0.4, 0.5) is 0 Å². The van der Waals surface area contributed by atoms with Crippen molar-refractivity contribution in [3.63, 3.8) is 0 Å². The van der Waals surface area contributed by atoms with Gasteiger partial charge >= 0.3 is 0 Å². The summed E-state index contributed by atoms with van der Waals surface area (Å²) in [5.41, 5.74) is 7.66. The molecule has 30 heavy (non-hydrogen) atoms. The minimum absolute atomic E-state index is 0.0284. The van der Waals surface area contributed by atoms with Crippen molar-refractivity contribution in [1.82, 2.24) is 9.99 Å². The summed E-state index contributed by atoms with van der Waals surface area (Å²) in [5.74, 6) is 2.40. The number of hydrogen-bond donors (Lipinski definition) is 1. The predicted molar refractivity (Wildman–Crippen MR) is 121 cm³/mol. The quantitative estimate of drug-likeness (QED) is 0.764. The Morgan fingerprint density at radius 2 is 2.13 bits per heavy atom. The van der Waals surface area contributed by atoms with Gasteiger partial charge in [0.15, 0.2) is 22.8 Å². The van der Waals surface area contributed by atoms with Gasteiger partial charge in [0, 0.05) is 29.8 Å². The number of rotatable bonds is 6.